The molecule has 2 aromatic heterocycles. The Balaban J connectivity index is 1.50. The van der Waals surface area contributed by atoms with Crippen LogP contribution in [-0.2, 0) is 13.1 Å². The number of benzene rings is 1. The molecular weight excluding hydrogens is 276 g/mol. The molecule has 1 N–H and O–H groups in total. The summed E-state index contributed by atoms with van der Waals surface area (Å²) in [5.41, 5.74) is 4.58. The molecule has 3 heterocycles. The van der Waals surface area contributed by atoms with Gasteiger partial charge in [0, 0.05) is 48.4 Å². The van der Waals surface area contributed by atoms with E-state index in [1.165, 1.54) is 11.3 Å². The average molecular weight is 294 g/mol. The Morgan fingerprint density at radius 2 is 2.18 bits per heavy atom. The van der Waals surface area contributed by atoms with E-state index in [-0.39, 0.29) is 0 Å². The first-order chi connectivity index (χ1) is 10.8. The zero-order valence-electron chi connectivity index (χ0n) is 12.5. The molecule has 0 bridgehead atoms. The summed E-state index contributed by atoms with van der Waals surface area (Å²) in [6.45, 7) is 4.93. The molecule has 0 spiro atoms. The average Bonchev–Trinajstić information content (AvgIpc) is 3.17. The normalized spacial score (nSPS) is 18.3. The third-order valence-corrected chi connectivity index (χ3v) is 4.17. The molecule has 0 radical (unpaired) electrons. The van der Waals surface area contributed by atoms with Crippen LogP contribution in [0.3, 0.4) is 0 Å². The number of H-pyrrole nitrogens is 1. The van der Waals surface area contributed by atoms with Crippen molar-refractivity contribution in [3.63, 3.8) is 0 Å². The first-order valence-corrected chi connectivity index (χ1v) is 7.55. The Morgan fingerprint density at radius 1 is 1.32 bits per heavy atom. The lowest BCUT2D eigenvalue weighted by Crippen LogP contribution is -2.32. The lowest BCUT2D eigenvalue weighted by Gasteiger charge is -2.29. The van der Waals surface area contributed by atoms with Crippen LogP contribution in [0.5, 0.6) is 0 Å². The summed E-state index contributed by atoms with van der Waals surface area (Å²) < 4.78 is 5.48. The third-order valence-electron chi connectivity index (χ3n) is 4.17. The van der Waals surface area contributed by atoms with E-state index in [4.69, 9.17) is 4.52 Å². The van der Waals surface area contributed by atoms with E-state index in [1.54, 1.807) is 0 Å². The van der Waals surface area contributed by atoms with E-state index < -0.39 is 0 Å². The lowest BCUT2D eigenvalue weighted by atomic mass is 9.98. The first-order valence-electron chi connectivity index (χ1n) is 7.55. The molecule has 0 fully saturated rings. The van der Waals surface area contributed by atoms with E-state index >= 15 is 0 Å². The quantitative estimate of drug-likeness (QED) is 0.806. The van der Waals surface area contributed by atoms with Crippen LogP contribution in [0.1, 0.15) is 29.8 Å². The number of aromatic amines is 1. The van der Waals surface area contributed by atoms with Gasteiger partial charge in [0.1, 0.15) is 0 Å². The number of rotatable bonds is 3. The second-order valence-corrected chi connectivity index (χ2v) is 5.93. The van der Waals surface area contributed by atoms with E-state index in [0.717, 1.165) is 36.7 Å². The fraction of sp³-hybridized carbons (Fsp3) is 0.294. The SMILES string of the molecule is C[C@H]1CN(Cc2cc(-c3ccccc3)on2)Cc2cn[nH]c21. The predicted octanol–water partition coefficient (Wildman–Crippen LogP) is 3.18. The largest absolute Gasteiger partial charge is 0.356 e. The summed E-state index contributed by atoms with van der Waals surface area (Å²) in [5, 5.41) is 11.5. The van der Waals surface area contributed by atoms with Gasteiger partial charge in [-0.25, -0.2) is 0 Å². The zero-order valence-corrected chi connectivity index (χ0v) is 12.5. The highest BCUT2D eigenvalue weighted by Gasteiger charge is 2.24. The van der Waals surface area contributed by atoms with Crippen LogP contribution in [0.15, 0.2) is 47.1 Å². The lowest BCUT2D eigenvalue weighted by molar-refractivity contribution is 0.219. The van der Waals surface area contributed by atoms with Gasteiger partial charge >= 0.3 is 0 Å². The summed E-state index contributed by atoms with van der Waals surface area (Å²) in [6.07, 6.45) is 1.93. The highest BCUT2D eigenvalue weighted by atomic mass is 16.5. The first kappa shape index (κ1) is 13.3. The van der Waals surface area contributed by atoms with Crippen molar-refractivity contribution >= 4 is 0 Å². The van der Waals surface area contributed by atoms with Crippen molar-refractivity contribution in [3.05, 3.63) is 59.5 Å². The summed E-state index contributed by atoms with van der Waals surface area (Å²) in [5.74, 6) is 1.29. The molecule has 1 aliphatic rings. The summed E-state index contributed by atoms with van der Waals surface area (Å²) in [4.78, 5) is 2.38. The topological polar surface area (TPSA) is 58.0 Å². The molecule has 1 atom stereocenters. The number of hydrogen-bond donors (Lipinski definition) is 1. The molecular formula is C17H18N4O. The zero-order chi connectivity index (χ0) is 14.9. The van der Waals surface area contributed by atoms with Gasteiger partial charge in [-0.15, -0.1) is 0 Å². The molecule has 0 saturated carbocycles. The molecule has 0 unspecified atom stereocenters. The van der Waals surface area contributed by atoms with Crippen molar-refractivity contribution < 1.29 is 4.52 Å². The van der Waals surface area contributed by atoms with Crippen LogP contribution in [0, 0.1) is 0 Å². The smallest absolute Gasteiger partial charge is 0.167 e. The minimum atomic E-state index is 0.465. The van der Waals surface area contributed by atoms with Crippen molar-refractivity contribution in [2.75, 3.05) is 6.54 Å². The van der Waals surface area contributed by atoms with Crippen LogP contribution in [-0.4, -0.2) is 26.8 Å². The van der Waals surface area contributed by atoms with E-state index in [9.17, 15) is 0 Å². The van der Waals surface area contributed by atoms with E-state index in [2.05, 4.69) is 27.2 Å². The van der Waals surface area contributed by atoms with Crippen molar-refractivity contribution in [1.29, 1.82) is 0 Å². The van der Waals surface area contributed by atoms with Gasteiger partial charge in [0.15, 0.2) is 5.76 Å². The molecule has 1 aromatic carbocycles. The number of nitrogens with one attached hydrogen (secondary N) is 1. The molecule has 22 heavy (non-hydrogen) atoms. The molecule has 4 rings (SSSR count). The van der Waals surface area contributed by atoms with Gasteiger partial charge in [0.25, 0.3) is 0 Å². The van der Waals surface area contributed by atoms with Crippen LogP contribution in [0.2, 0.25) is 0 Å². The van der Waals surface area contributed by atoms with Gasteiger partial charge in [-0.2, -0.15) is 5.10 Å². The summed E-state index contributed by atoms with van der Waals surface area (Å²) >= 11 is 0. The minimum Gasteiger partial charge on any atom is -0.356 e. The summed E-state index contributed by atoms with van der Waals surface area (Å²) in [7, 11) is 0. The molecule has 0 saturated heterocycles. The fourth-order valence-corrected chi connectivity index (χ4v) is 3.13. The van der Waals surface area contributed by atoms with Gasteiger partial charge in [-0.3, -0.25) is 10.00 Å². The van der Waals surface area contributed by atoms with Gasteiger partial charge < -0.3 is 4.52 Å². The van der Waals surface area contributed by atoms with Gasteiger partial charge in [0.2, 0.25) is 0 Å². The maximum Gasteiger partial charge on any atom is 0.167 e. The molecule has 0 aliphatic carbocycles. The maximum atomic E-state index is 5.48. The van der Waals surface area contributed by atoms with E-state index in [0.29, 0.717) is 5.92 Å². The monoisotopic (exact) mass is 294 g/mol. The predicted molar refractivity (Wildman–Crippen MR) is 83.1 cm³/mol. The van der Waals surface area contributed by atoms with Crippen molar-refractivity contribution in [1.82, 2.24) is 20.3 Å². The Kier molecular flexibility index (Phi) is 3.27. The number of nitrogens with zero attached hydrogens (tertiary/aromatic N) is 3. The van der Waals surface area contributed by atoms with Crippen LogP contribution >= 0.6 is 0 Å². The fourth-order valence-electron chi connectivity index (χ4n) is 3.13. The van der Waals surface area contributed by atoms with E-state index in [1.807, 2.05) is 42.6 Å². The molecule has 112 valence electrons. The standard InChI is InChI=1S/C17H18N4O/c1-12-9-21(10-14-8-18-19-17(12)14)11-15-7-16(22-20-15)13-5-3-2-4-6-13/h2-8,12H,9-11H2,1H3,(H,18,19)/t12-/m0/s1. The maximum absolute atomic E-state index is 5.48. The Morgan fingerprint density at radius 3 is 3.05 bits per heavy atom. The molecule has 5 nitrogen and oxygen atoms in total. The number of hydrogen-bond acceptors (Lipinski definition) is 4. The molecule has 5 heteroatoms. The second kappa shape index (κ2) is 5.42. The number of aromatic nitrogens is 3. The number of fused-ring (bicyclic) bond motifs is 1. The highest BCUT2D eigenvalue weighted by Crippen LogP contribution is 2.27. The van der Waals surface area contributed by atoms with Crippen molar-refractivity contribution in [2.45, 2.75) is 25.9 Å². The molecule has 1 aliphatic heterocycles. The van der Waals surface area contributed by atoms with Crippen LogP contribution in [0.25, 0.3) is 11.3 Å². The van der Waals surface area contributed by atoms with Crippen molar-refractivity contribution in [2.24, 2.45) is 0 Å². The Hall–Kier alpha value is -2.40. The molecule has 0 amide bonds. The van der Waals surface area contributed by atoms with Gasteiger partial charge in [0.05, 0.1) is 11.9 Å². The van der Waals surface area contributed by atoms with Gasteiger partial charge in [-0.1, -0.05) is 42.4 Å². The minimum absolute atomic E-state index is 0.465. The Labute approximate surface area is 128 Å². The van der Waals surface area contributed by atoms with Crippen LogP contribution in [0.4, 0.5) is 0 Å². The second-order valence-electron chi connectivity index (χ2n) is 5.93. The summed E-state index contributed by atoms with van der Waals surface area (Å²) in [6, 6.07) is 12.1. The van der Waals surface area contributed by atoms with Gasteiger partial charge in [-0.05, 0) is 0 Å². The van der Waals surface area contributed by atoms with Crippen molar-refractivity contribution in [3.8, 4) is 11.3 Å². The van der Waals surface area contributed by atoms with Crippen LogP contribution < -0.4 is 0 Å². The third kappa shape index (κ3) is 2.44. The highest BCUT2D eigenvalue weighted by molar-refractivity contribution is 5.56. The Bertz CT molecular complexity index is 762. The molecule has 3 aromatic rings.